The Bertz CT molecular complexity index is 329. The molecule has 5 heteroatoms. The van der Waals surface area contributed by atoms with Gasteiger partial charge in [-0.1, -0.05) is 0 Å². The van der Waals surface area contributed by atoms with Crippen LogP contribution in [0.5, 0.6) is 5.88 Å². The summed E-state index contributed by atoms with van der Waals surface area (Å²) in [5.41, 5.74) is 0. The zero-order valence-corrected chi connectivity index (χ0v) is 9.83. The molecular weight excluding hydrogens is 212 g/mol. The van der Waals surface area contributed by atoms with E-state index in [1.165, 1.54) is 11.3 Å². The van der Waals surface area contributed by atoms with E-state index in [-0.39, 0.29) is 5.88 Å². The van der Waals surface area contributed by atoms with E-state index in [4.69, 9.17) is 4.74 Å². The average molecular weight is 228 g/mol. The first-order valence-electron chi connectivity index (χ1n) is 5.14. The Labute approximate surface area is 93.5 Å². The van der Waals surface area contributed by atoms with E-state index in [1.54, 1.807) is 12.5 Å². The second-order valence-electron chi connectivity index (χ2n) is 3.91. The summed E-state index contributed by atoms with van der Waals surface area (Å²) >= 11 is 1.49. The maximum Gasteiger partial charge on any atom is 0.223 e. The molecule has 0 aliphatic carbocycles. The third-order valence-electron chi connectivity index (χ3n) is 2.89. The molecule has 0 aromatic carbocycles. The molecule has 1 aromatic heterocycles. The monoisotopic (exact) mass is 228 g/mol. The number of thiazole rings is 1. The molecule has 15 heavy (non-hydrogen) atoms. The fraction of sp³-hybridized carbons (Fsp3) is 0.700. The van der Waals surface area contributed by atoms with E-state index in [0.29, 0.717) is 12.1 Å². The summed E-state index contributed by atoms with van der Waals surface area (Å²) in [4.78, 5) is 6.33. The molecule has 4 nitrogen and oxygen atoms in total. The average Bonchev–Trinajstić information content (AvgIpc) is 2.64. The molecule has 2 rings (SSSR count). The Kier molecular flexibility index (Phi) is 3.11. The van der Waals surface area contributed by atoms with Gasteiger partial charge in [0.05, 0.1) is 11.5 Å². The minimum atomic E-state index is 0.121. The maximum atomic E-state index is 9.22. The number of ether oxygens (including phenoxy) is 1. The summed E-state index contributed by atoms with van der Waals surface area (Å²) < 4.78 is 5.36. The molecule has 0 amide bonds. The maximum absolute atomic E-state index is 9.22. The number of methoxy groups -OCH3 is 1. The molecule has 1 aliphatic heterocycles. The van der Waals surface area contributed by atoms with Crippen LogP contribution >= 0.6 is 11.3 Å². The second kappa shape index (κ2) is 4.37. The minimum Gasteiger partial charge on any atom is -0.493 e. The summed E-state index contributed by atoms with van der Waals surface area (Å²) in [6.45, 7) is 3.12. The quantitative estimate of drug-likeness (QED) is 0.839. The summed E-state index contributed by atoms with van der Waals surface area (Å²) in [7, 11) is 1.77. The lowest BCUT2D eigenvalue weighted by molar-refractivity contribution is 0.0721. The molecule has 0 saturated carbocycles. The first-order valence-corrected chi connectivity index (χ1v) is 6.02. The first-order chi connectivity index (χ1) is 7.20. The van der Waals surface area contributed by atoms with Crippen LogP contribution in [0.3, 0.4) is 0 Å². The Hall–Kier alpha value is -0.810. The van der Waals surface area contributed by atoms with Gasteiger partial charge in [-0.05, 0) is 19.8 Å². The van der Waals surface area contributed by atoms with Crippen molar-refractivity contribution in [3.05, 3.63) is 5.38 Å². The van der Waals surface area contributed by atoms with E-state index in [1.807, 2.05) is 0 Å². The van der Waals surface area contributed by atoms with Crippen molar-refractivity contribution in [1.29, 1.82) is 0 Å². The smallest absolute Gasteiger partial charge is 0.223 e. The van der Waals surface area contributed by atoms with Gasteiger partial charge in [-0.3, -0.25) is 0 Å². The highest BCUT2D eigenvalue weighted by Crippen LogP contribution is 2.30. The normalized spacial score (nSPS) is 26.9. The Morgan fingerprint density at radius 2 is 2.47 bits per heavy atom. The number of hydrogen-bond acceptors (Lipinski definition) is 5. The van der Waals surface area contributed by atoms with Gasteiger partial charge in [0.2, 0.25) is 5.88 Å². The third kappa shape index (κ3) is 2.23. The number of anilines is 1. The van der Waals surface area contributed by atoms with Crippen LogP contribution in [0.15, 0.2) is 5.38 Å². The molecule has 1 N–H and O–H groups in total. The predicted octanol–water partition coefficient (Wildman–Crippen LogP) is 1.85. The zero-order chi connectivity index (χ0) is 10.8. The topological polar surface area (TPSA) is 45.6 Å². The molecule has 2 atom stereocenters. The molecule has 1 aromatic rings. The number of aromatic nitrogens is 1. The van der Waals surface area contributed by atoms with Gasteiger partial charge in [-0.25, -0.2) is 0 Å². The van der Waals surface area contributed by atoms with Crippen LogP contribution in [-0.2, 0) is 4.74 Å². The second-order valence-corrected chi connectivity index (χ2v) is 4.75. The SMILES string of the molecule is COC1CCN(c2nc(O)cs2)C(C)C1. The van der Waals surface area contributed by atoms with E-state index in [9.17, 15) is 5.11 Å². The lowest BCUT2D eigenvalue weighted by Crippen LogP contribution is -2.43. The first kappa shape index (κ1) is 10.7. The highest BCUT2D eigenvalue weighted by Gasteiger charge is 2.26. The van der Waals surface area contributed by atoms with Crippen LogP contribution in [0.2, 0.25) is 0 Å². The zero-order valence-electron chi connectivity index (χ0n) is 9.01. The Morgan fingerprint density at radius 3 is 3.00 bits per heavy atom. The van der Waals surface area contributed by atoms with Gasteiger partial charge >= 0.3 is 0 Å². The summed E-state index contributed by atoms with van der Waals surface area (Å²) in [5.74, 6) is 0.121. The van der Waals surface area contributed by atoms with E-state index in [2.05, 4.69) is 16.8 Å². The van der Waals surface area contributed by atoms with Crippen LogP contribution in [0, 0.1) is 0 Å². The summed E-state index contributed by atoms with van der Waals surface area (Å²) in [5, 5.41) is 11.8. The van der Waals surface area contributed by atoms with Crippen molar-refractivity contribution in [3.63, 3.8) is 0 Å². The van der Waals surface area contributed by atoms with Gasteiger partial charge in [0.15, 0.2) is 5.13 Å². The van der Waals surface area contributed by atoms with Gasteiger partial charge in [0.25, 0.3) is 0 Å². The summed E-state index contributed by atoms with van der Waals surface area (Å²) in [6.07, 6.45) is 2.42. The third-order valence-corrected chi connectivity index (χ3v) is 3.75. The fourth-order valence-electron chi connectivity index (χ4n) is 2.02. The Balaban J connectivity index is 2.05. The van der Waals surface area contributed by atoms with Gasteiger partial charge in [-0.2, -0.15) is 4.98 Å². The van der Waals surface area contributed by atoms with Crippen molar-refractivity contribution >= 4 is 16.5 Å². The van der Waals surface area contributed by atoms with Crippen LogP contribution in [-0.4, -0.2) is 35.9 Å². The van der Waals surface area contributed by atoms with Gasteiger partial charge < -0.3 is 14.7 Å². The lowest BCUT2D eigenvalue weighted by Gasteiger charge is -2.36. The highest BCUT2D eigenvalue weighted by atomic mass is 32.1. The molecule has 1 fully saturated rings. The van der Waals surface area contributed by atoms with Crippen molar-refractivity contribution in [2.45, 2.75) is 31.9 Å². The minimum absolute atomic E-state index is 0.121. The number of aromatic hydroxyl groups is 1. The molecule has 0 radical (unpaired) electrons. The number of piperidine rings is 1. The van der Waals surface area contributed by atoms with E-state index >= 15 is 0 Å². The van der Waals surface area contributed by atoms with Gasteiger partial charge in [-0.15, -0.1) is 11.3 Å². The van der Waals surface area contributed by atoms with Crippen molar-refractivity contribution in [2.75, 3.05) is 18.6 Å². The predicted molar refractivity (Wildman–Crippen MR) is 60.6 cm³/mol. The van der Waals surface area contributed by atoms with Crippen molar-refractivity contribution in [1.82, 2.24) is 4.98 Å². The molecule has 2 heterocycles. The van der Waals surface area contributed by atoms with E-state index in [0.717, 1.165) is 24.5 Å². The van der Waals surface area contributed by atoms with Crippen LogP contribution in [0.1, 0.15) is 19.8 Å². The number of rotatable bonds is 2. The molecular formula is C10H16N2O2S. The number of nitrogens with zero attached hydrogens (tertiary/aromatic N) is 2. The summed E-state index contributed by atoms with van der Waals surface area (Å²) in [6, 6.07) is 0.425. The molecule has 2 unspecified atom stereocenters. The van der Waals surface area contributed by atoms with Gasteiger partial charge in [0.1, 0.15) is 0 Å². The Morgan fingerprint density at radius 1 is 1.67 bits per heavy atom. The van der Waals surface area contributed by atoms with Crippen LogP contribution in [0.25, 0.3) is 0 Å². The molecule has 84 valence electrons. The molecule has 0 bridgehead atoms. The van der Waals surface area contributed by atoms with Gasteiger partial charge in [0, 0.05) is 19.7 Å². The van der Waals surface area contributed by atoms with Crippen molar-refractivity contribution in [3.8, 4) is 5.88 Å². The van der Waals surface area contributed by atoms with Crippen LogP contribution < -0.4 is 4.90 Å². The molecule has 1 saturated heterocycles. The van der Waals surface area contributed by atoms with Crippen molar-refractivity contribution < 1.29 is 9.84 Å². The van der Waals surface area contributed by atoms with Crippen molar-refractivity contribution in [2.24, 2.45) is 0 Å². The largest absolute Gasteiger partial charge is 0.493 e. The van der Waals surface area contributed by atoms with E-state index < -0.39 is 0 Å². The fourth-order valence-corrected chi connectivity index (χ4v) is 2.83. The lowest BCUT2D eigenvalue weighted by atomic mass is 10.0. The van der Waals surface area contributed by atoms with Crippen LogP contribution in [0.4, 0.5) is 5.13 Å². The highest BCUT2D eigenvalue weighted by molar-refractivity contribution is 7.13. The molecule has 1 aliphatic rings. The number of hydrogen-bond donors (Lipinski definition) is 1. The molecule has 0 spiro atoms. The standard InChI is InChI=1S/C10H16N2O2S/c1-7-5-8(14-2)3-4-12(7)10-11-9(13)6-15-10/h6-8,13H,3-5H2,1-2H3.